The van der Waals surface area contributed by atoms with E-state index >= 15 is 0 Å². The maximum atomic E-state index is 13.0. The second-order valence-electron chi connectivity index (χ2n) is 9.73. The summed E-state index contributed by atoms with van der Waals surface area (Å²) < 4.78 is 10.6. The number of hydrogen-bond acceptors (Lipinski definition) is 6. The Bertz CT molecular complexity index is 858. The zero-order valence-corrected chi connectivity index (χ0v) is 21.4. The van der Waals surface area contributed by atoms with Crippen molar-refractivity contribution in [1.82, 2.24) is 5.32 Å². The molecule has 1 rings (SSSR count). The molecule has 0 spiro atoms. The van der Waals surface area contributed by atoms with Gasteiger partial charge in [0.1, 0.15) is 17.2 Å². The van der Waals surface area contributed by atoms with Gasteiger partial charge in [-0.1, -0.05) is 0 Å². The number of rotatable bonds is 10. The lowest BCUT2D eigenvalue weighted by Gasteiger charge is -2.31. The Morgan fingerprint density at radius 1 is 0.971 bits per heavy atom. The van der Waals surface area contributed by atoms with Crippen LogP contribution in [0.15, 0.2) is 24.3 Å². The van der Waals surface area contributed by atoms with E-state index in [2.05, 4.69) is 5.32 Å². The van der Waals surface area contributed by atoms with Gasteiger partial charge in [0.2, 0.25) is 0 Å². The van der Waals surface area contributed by atoms with Crippen LogP contribution in [0.1, 0.15) is 71.2 Å². The van der Waals surface area contributed by atoms with Crippen molar-refractivity contribution in [3.63, 3.8) is 0 Å². The number of nitrogens with one attached hydrogen (secondary N) is 1. The van der Waals surface area contributed by atoms with Gasteiger partial charge in [0, 0.05) is 17.8 Å². The van der Waals surface area contributed by atoms with Crippen molar-refractivity contribution < 1.29 is 33.8 Å². The number of unbranched alkanes of at least 4 members (excludes halogenated alkanes) is 1. The first kappa shape index (κ1) is 29.2. The van der Waals surface area contributed by atoms with E-state index in [-0.39, 0.29) is 23.8 Å². The molecule has 9 nitrogen and oxygen atoms in total. The molecule has 0 aliphatic carbocycles. The molecule has 0 aliphatic heterocycles. The molecule has 0 aromatic heterocycles. The Hall–Kier alpha value is -2.81. The predicted molar refractivity (Wildman–Crippen MR) is 130 cm³/mol. The molecule has 10 heteroatoms. The van der Waals surface area contributed by atoms with Gasteiger partial charge in [0.05, 0.1) is 5.88 Å². The summed E-state index contributed by atoms with van der Waals surface area (Å²) in [6, 6.07) is 4.74. The lowest BCUT2D eigenvalue weighted by Crippen LogP contribution is -2.47. The lowest BCUT2D eigenvalue weighted by molar-refractivity contribution is -0.138. The van der Waals surface area contributed by atoms with Gasteiger partial charge in [-0.3, -0.25) is 9.69 Å². The van der Waals surface area contributed by atoms with Crippen molar-refractivity contribution in [3.05, 3.63) is 29.8 Å². The molecule has 0 aliphatic rings. The third-order valence-corrected chi connectivity index (χ3v) is 4.59. The first-order valence-electron chi connectivity index (χ1n) is 11.1. The Labute approximate surface area is 205 Å². The fourth-order valence-corrected chi connectivity index (χ4v) is 3.09. The minimum Gasteiger partial charge on any atom is -0.480 e. The van der Waals surface area contributed by atoms with E-state index in [1.54, 1.807) is 41.5 Å². The number of aliphatic carboxylic acids is 1. The minimum atomic E-state index is -1.22. The number of carbonyl (C=O) groups excluding carboxylic acids is 3. The third-order valence-electron chi connectivity index (χ3n) is 4.35. The Kier molecular flexibility index (Phi) is 10.8. The number of carbonyl (C=O) groups is 4. The number of alkyl halides is 1. The molecule has 2 amide bonds. The van der Waals surface area contributed by atoms with Gasteiger partial charge in [-0.05, 0) is 85.1 Å². The molecule has 0 radical (unpaired) electrons. The lowest BCUT2D eigenvalue weighted by atomic mass is 10.1. The molecule has 0 heterocycles. The van der Waals surface area contributed by atoms with Crippen molar-refractivity contribution in [2.75, 3.05) is 17.3 Å². The van der Waals surface area contributed by atoms with Crippen molar-refractivity contribution in [2.24, 2.45) is 0 Å². The van der Waals surface area contributed by atoms with Gasteiger partial charge in [0.15, 0.2) is 5.78 Å². The fourth-order valence-electron chi connectivity index (χ4n) is 2.94. The van der Waals surface area contributed by atoms with Crippen LogP contribution >= 0.6 is 11.6 Å². The van der Waals surface area contributed by atoms with E-state index in [1.165, 1.54) is 24.3 Å². The van der Waals surface area contributed by atoms with E-state index in [4.69, 9.17) is 21.1 Å². The predicted octanol–water partition coefficient (Wildman–Crippen LogP) is 5.00. The number of carboxylic acid groups (broad SMARTS) is 1. The average Bonchev–Trinajstić information content (AvgIpc) is 2.69. The number of halogens is 1. The largest absolute Gasteiger partial charge is 0.480 e. The highest BCUT2D eigenvalue weighted by molar-refractivity contribution is 6.30. The Balaban J connectivity index is 2.98. The van der Waals surface area contributed by atoms with Gasteiger partial charge < -0.3 is 19.9 Å². The van der Waals surface area contributed by atoms with E-state index in [0.717, 1.165) is 4.90 Å². The minimum absolute atomic E-state index is 0.118. The van der Waals surface area contributed by atoms with Crippen molar-refractivity contribution in [3.8, 4) is 0 Å². The van der Waals surface area contributed by atoms with Crippen LogP contribution in [0.2, 0.25) is 0 Å². The standard InChI is InChI=1S/C24H35ClN2O7/c1-23(2,3)33-21(31)26-14-8-7-9-18(20(29)30)27(22(32)34-24(4,5)6)17-12-10-16(11-13-17)19(28)15-25/h10-13,18H,7-9,14-15H2,1-6H3,(H,26,31)(H,29,30). The number of carboxylic acids is 1. The summed E-state index contributed by atoms with van der Waals surface area (Å²) in [6.45, 7) is 10.6. The summed E-state index contributed by atoms with van der Waals surface area (Å²) in [7, 11) is 0. The topological polar surface area (TPSA) is 122 Å². The van der Waals surface area contributed by atoms with Crippen molar-refractivity contribution >= 4 is 41.2 Å². The van der Waals surface area contributed by atoms with Gasteiger partial charge in [0.25, 0.3) is 0 Å². The number of nitrogens with zero attached hydrogens (tertiary/aromatic N) is 1. The molecule has 0 saturated heterocycles. The zero-order valence-electron chi connectivity index (χ0n) is 20.6. The average molecular weight is 499 g/mol. The number of amides is 2. The monoisotopic (exact) mass is 498 g/mol. The first-order valence-corrected chi connectivity index (χ1v) is 11.6. The van der Waals surface area contributed by atoms with Crippen LogP contribution < -0.4 is 10.2 Å². The molecule has 0 fully saturated rings. The van der Waals surface area contributed by atoms with E-state index in [0.29, 0.717) is 24.9 Å². The molecule has 34 heavy (non-hydrogen) atoms. The van der Waals surface area contributed by atoms with Crippen LogP contribution in [0.4, 0.5) is 15.3 Å². The molecule has 190 valence electrons. The summed E-state index contributed by atoms with van der Waals surface area (Å²) in [5.74, 6) is -1.68. The number of benzene rings is 1. The van der Waals surface area contributed by atoms with Crippen LogP contribution in [0.5, 0.6) is 0 Å². The molecule has 1 atom stereocenters. The second kappa shape index (κ2) is 12.6. The van der Waals surface area contributed by atoms with E-state index in [1.807, 2.05) is 0 Å². The summed E-state index contributed by atoms with van der Waals surface area (Å²) in [5, 5.41) is 12.5. The van der Waals surface area contributed by atoms with E-state index in [9.17, 15) is 24.3 Å². The van der Waals surface area contributed by atoms with Gasteiger partial charge in [-0.25, -0.2) is 14.4 Å². The second-order valence-corrected chi connectivity index (χ2v) is 10.00. The number of hydrogen-bond donors (Lipinski definition) is 2. The number of ether oxygens (including phenoxy) is 2. The third kappa shape index (κ3) is 10.4. The number of alkyl carbamates (subject to hydrolysis) is 1. The summed E-state index contributed by atoms with van der Waals surface area (Å²) in [5.41, 5.74) is -0.830. The molecule has 1 unspecified atom stereocenters. The molecular weight excluding hydrogens is 464 g/mol. The molecule has 0 saturated carbocycles. The van der Waals surface area contributed by atoms with Gasteiger partial charge in [-0.15, -0.1) is 11.6 Å². The quantitative estimate of drug-likeness (QED) is 0.264. The molecule has 2 N–H and O–H groups in total. The molecule has 0 bridgehead atoms. The first-order chi connectivity index (χ1) is 15.6. The summed E-state index contributed by atoms with van der Waals surface area (Å²) in [4.78, 5) is 49.7. The molecular formula is C24H35ClN2O7. The van der Waals surface area contributed by atoms with Gasteiger partial charge >= 0.3 is 18.2 Å². The maximum absolute atomic E-state index is 13.0. The SMILES string of the molecule is CC(C)(C)OC(=O)NCCCCC(C(=O)O)N(C(=O)OC(C)(C)C)c1ccc(C(=O)CCl)cc1. The number of anilines is 1. The smallest absolute Gasteiger partial charge is 0.415 e. The highest BCUT2D eigenvalue weighted by atomic mass is 35.5. The highest BCUT2D eigenvalue weighted by Crippen LogP contribution is 2.24. The number of Topliss-reactive ketones (excluding diaryl/α,β-unsaturated/α-hetero) is 1. The van der Waals surface area contributed by atoms with E-state index < -0.39 is 35.4 Å². The van der Waals surface area contributed by atoms with Crippen LogP contribution in [0.3, 0.4) is 0 Å². The fraction of sp³-hybridized carbons (Fsp3) is 0.583. The van der Waals surface area contributed by atoms with Crippen LogP contribution in [0, 0.1) is 0 Å². The Morgan fingerprint density at radius 2 is 1.53 bits per heavy atom. The normalized spacial score (nSPS) is 12.4. The summed E-state index contributed by atoms with van der Waals surface area (Å²) in [6.07, 6.45) is -0.358. The molecule has 1 aromatic rings. The van der Waals surface area contributed by atoms with Crippen LogP contribution in [-0.4, -0.2) is 58.7 Å². The maximum Gasteiger partial charge on any atom is 0.415 e. The van der Waals surface area contributed by atoms with Crippen LogP contribution in [-0.2, 0) is 14.3 Å². The van der Waals surface area contributed by atoms with Crippen LogP contribution in [0.25, 0.3) is 0 Å². The van der Waals surface area contributed by atoms with Crippen molar-refractivity contribution in [1.29, 1.82) is 0 Å². The van der Waals surface area contributed by atoms with Gasteiger partial charge in [-0.2, -0.15) is 0 Å². The van der Waals surface area contributed by atoms with Crippen molar-refractivity contribution in [2.45, 2.75) is 78.0 Å². The number of ketones is 1. The summed E-state index contributed by atoms with van der Waals surface area (Å²) >= 11 is 5.59. The zero-order chi connectivity index (χ0) is 26.1. The highest BCUT2D eigenvalue weighted by Gasteiger charge is 2.34. The molecule has 1 aromatic carbocycles. The Morgan fingerprint density at radius 3 is 2.00 bits per heavy atom.